The van der Waals surface area contributed by atoms with Gasteiger partial charge in [0.25, 0.3) is 5.91 Å². The molecule has 1 aliphatic heterocycles. The second-order valence-corrected chi connectivity index (χ2v) is 4.56. The van der Waals surface area contributed by atoms with E-state index in [9.17, 15) is 4.79 Å². The molecule has 0 spiro atoms. The lowest BCUT2D eigenvalue weighted by Gasteiger charge is -2.30. The van der Waals surface area contributed by atoms with Crippen LogP contribution in [0.25, 0.3) is 0 Å². The first kappa shape index (κ1) is 11.9. The van der Waals surface area contributed by atoms with E-state index in [-0.39, 0.29) is 5.91 Å². The van der Waals surface area contributed by atoms with Crippen LogP contribution in [-0.4, -0.2) is 36.0 Å². The summed E-state index contributed by atoms with van der Waals surface area (Å²) < 4.78 is 5.03. The molecule has 1 amide bonds. The highest BCUT2D eigenvalue weighted by Gasteiger charge is 2.21. The summed E-state index contributed by atoms with van der Waals surface area (Å²) in [4.78, 5) is 18.1. The number of aromatic nitrogens is 1. The molecular formula is C13H18N2O2. The molecule has 0 saturated carbocycles. The number of hydrogen-bond donors (Lipinski definition) is 0. The van der Waals surface area contributed by atoms with Crippen LogP contribution in [0, 0.1) is 5.92 Å². The minimum Gasteiger partial charge on any atom is -0.481 e. The van der Waals surface area contributed by atoms with E-state index >= 15 is 0 Å². The smallest absolute Gasteiger partial charge is 0.254 e. The molecule has 92 valence electrons. The molecule has 1 aromatic heterocycles. The quantitative estimate of drug-likeness (QED) is 0.785. The van der Waals surface area contributed by atoms with Crippen molar-refractivity contribution in [1.82, 2.24) is 9.88 Å². The van der Waals surface area contributed by atoms with Crippen LogP contribution < -0.4 is 4.74 Å². The topological polar surface area (TPSA) is 42.4 Å². The van der Waals surface area contributed by atoms with Gasteiger partial charge in [0.15, 0.2) is 0 Å². The monoisotopic (exact) mass is 234 g/mol. The van der Waals surface area contributed by atoms with Crippen molar-refractivity contribution in [3.05, 3.63) is 23.9 Å². The molecule has 0 unspecified atom stereocenters. The van der Waals surface area contributed by atoms with Gasteiger partial charge in [-0.2, -0.15) is 0 Å². The zero-order valence-corrected chi connectivity index (χ0v) is 10.3. The maximum absolute atomic E-state index is 12.2. The number of hydrogen-bond acceptors (Lipinski definition) is 3. The Balaban J connectivity index is 2.08. The van der Waals surface area contributed by atoms with E-state index in [2.05, 4.69) is 11.9 Å². The molecule has 17 heavy (non-hydrogen) atoms. The molecule has 1 aliphatic rings. The molecule has 0 atom stereocenters. The molecule has 1 aromatic rings. The van der Waals surface area contributed by atoms with Crippen molar-refractivity contribution in [2.45, 2.75) is 19.8 Å². The van der Waals surface area contributed by atoms with Gasteiger partial charge in [-0.15, -0.1) is 0 Å². The molecule has 1 saturated heterocycles. The van der Waals surface area contributed by atoms with E-state index < -0.39 is 0 Å². The van der Waals surface area contributed by atoms with E-state index in [0.29, 0.717) is 11.4 Å². The summed E-state index contributed by atoms with van der Waals surface area (Å²) in [6.45, 7) is 3.94. The Bertz CT molecular complexity index is 398. The summed E-state index contributed by atoms with van der Waals surface area (Å²) in [7, 11) is 1.55. The first-order valence-electron chi connectivity index (χ1n) is 6.00. The van der Waals surface area contributed by atoms with Gasteiger partial charge in [0.05, 0.1) is 7.11 Å². The van der Waals surface area contributed by atoms with Crippen molar-refractivity contribution < 1.29 is 9.53 Å². The van der Waals surface area contributed by atoms with Crippen LogP contribution in [0.5, 0.6) is 5.88 Å². The normalized spacial score (nSPS) is 16.9. The predicted molar refractivity (Wildman–Crippen MR) is 65.1 cm³/mol. The van der Waals surface area contributed by atoms with Crippen molar-refractivity contribution in [2.24, 2.45) is 5.92 Å². The lowest BCUT2D eigenvalue weighted by atomic mass is 9.99. The average Bonchev–Trinajstić information content (AvgIpc) is 2.39. The van der Waals surface area contributed by atoms with Crippen molar-refractivity contribution in [3.63, 3.8) is 0 Å². The highest BCUT2D eigenvalue weighted by molar-refractivity contribution is 5.94. The highest BCUT2D eigenvalue weighted by atomic mass is 16.5. The summed E-state index contributed by atoms with van der Waals surface area (Å²) in [5.41, 5.74) is 0.659. The molecular weight excluding hydrogens is 216 g/mol. The number of carbonyl (C=O) groups excluding carboxylic acids is 1. The summed E-state index contributed by atoms with van der Waals surface area (Å²) in [6.07, 6.45) is 3.79. The van der Waals surface area contributed by atoms with Crippen LogP contribution in [0.3, 0.4) is 0 Å². The van der Waals surface area contributed by atoms with Crippen LogP contribution in [0.15, 0.2) is 18.3 Å². The zero-order chi connectivity index (χ0) is 12.3. The van der Waals surface area contributed by atoms with E-state index in [1.54, 1.807) is 25.4 Å². The lowest BCUT2D eigenvalue weighted by Crippen LogP contribution is -2.37. The molecule has 1 fully saturated rings. The van der Waals surface area contributed by atoms with Crippen molar-refractivity contribution >= 4 is 5.91 Å². The van der Waals surface area contributed by atoms with Gasteiger partial charge in [-0.05, 0) is 24.8 Å². The number of ether oxygens (including phenoxy) is 1. The standard InChI is InChI=1S/C13H18N2O2/c1-10-4-7-15(8-5-10)13(16)11-3-6-14-12(9-11)17-2/h3,6,9-10H,4-5,7-8H2,1-2H3. The summed E-state index contributed by atoms with van der Waals surface area (Å²) in [5, 5.41) is 0. The number of amides is 1. The summed E-state index contributed by atoms with van der Waals surface area (Å²) in [6, 6.07) is 3.43. The Morgan fingerprint density at radius 1 is 1.47 bits per heavy atom. The van der Waals surface area contributed by atoms with Crippen molar-refractivity contribution in [1.29, 1.82) is 0 Å². The highest BCUT2D eigenvalue weighted by Crippen LogP contribution is 2.19. The fraction of sp³-hybridized carbons (Fsp3) is 0.538. The van der Waals surface area contributed by atoms with Gasteiger partial charge >= 0.3 is 0 Å². The Morgan fingerprint density at radius 2 is 2.18 bits per heavy atom. The van der Waals surface area contributed by atoms with E-state index in [1.165, 1.54) is 0 Å². The molecule has 0 aromatic carbocycles. The lowest BCUT2D eigenvalue weighted by molar-refractivity contribution is 0.0696. The number of carbonyl (C=O) groups is 1. The van der Waals surface area contributed by atoms with Crippen molar-refractivity contribution in [3.8, 4) is 5.88 Å². The van der Waals surface area contributed by atoms with Crippen molar-refractivity contribution in [2.75, 3.05) is 20.2 Å². The second kappa shape index (κ2) is 5.17. The third kappa shape index (κ3) is 2.75. The van der Waals surface area contributed by atoms with Crippen LogP contribution in [0.2, 0.25) is 0 Å². The number of piperidine rings is 1. The third-order valence-electron chi connectivity index (χ3n) is 3.26. The van der Waals surface area contributed by atoms with Gasteiger partial charge in [0.2, 0.25) is 5.88 Å². The van der Waals surface area contributed by atoms with Gasteiger partial charge in [0.1, 0.15) is 0 Å². The Hall–Kier alpha value is -1.58. The van der Waals surface area contributed by atoms with Gasteiger partial charge < -0.3 is 9.64 Å². The number of nitrogens with zero attached hydrogens (tertiary/aromatic N) is 2. The maximum Gasteiger partial charge on any atom is 0.254 e. The largest absolute Gasteiger partial charge is 0.481 e. The minimum absolute atomic E-state index is 0.0811. The molecule has 0 radical (unpaired) electrons. The molecule has 0 bridgehead atoms. The molecule has 2 rings (SSSR count). The zero-order valence-electron chi connectivity index (χ0n) is 10.3. The molecule has 0 N–H and O–H groups in total. The fourth-order valence-corrected chi connectivity index (χ4v) is 2.05. The number of rotatable bonds is 2. The van der Waals surface area contributed by atoms with Gasteiger partial charge in [0, 0.05) is 30.9 Å². The number of likely N-dealkylation sites (tertiary alicyclic amines) is 1. The maximum atomic E-state index is 12.2. The number of methoxy groups -OCH3 is 1. The van der Waals surface area contributed by atoms with Crippen LogP contribution >= 0.6 is 0 Å². The molecule has 0 aliphatic carbocycles. The Morgan fingerprint density at radius 3 is 2.82 bits per heavy atom. The van der Waals surface area contributed by atoms with Crippen LogP contribution in [0.4, 0.5) is 0 Å². The van der Waals surface area contributed by atoms with Crippen LogP contribution in [-0.2, 0) is 0 Å². The SMILES string of the molecule is COc1cc(C(=O)N2CCC(C)CC2)ccn1. The Kier molecular flexibility index (Phi) is 3.61. The minimum atomic E-state index is 0.0811. The van der Waals surface area contributed by atoms with Gasteiger partial charge in [-0.25, -0.2) is 4.98 Å². The first-order valence-corrected chi connectivity index (χ1v) is 6.00. The van der Waals surface area contributed by atoms with E-state index in [1.807, 2.05) is 4.90 Å². The van der Waals surface area contributed by atoms with Gasteiger partial charge in [-0.3, -0.25) is 4.79 Å². The summed E-state index contributed by atoms with van der Waals surface area (Å²) in [5.74, 6) is 1.30. The van der Waals surface area contributed by atoms with Gasteiger partial charge in [-0.1, -0.05) is 6.92 Å². The first-order chi connectivity index (χ1) is 8.20. The second-order valence-electron chi connectivity index (χ2n) is 4.56. The van der Waals surface area contributed by atoms with E-state index in [0.717, 1.165) is 31.8 Å². The molecule has 4 nitrogen and oxygen atoms in total. The van der Waals surface area contributed by atoms with E-state index in [4.69, 9.17) is 4.74 Å². The van der Waals surface area contributed by atoms with Crippen LogP contribution in [0.1, 0.15) is 30.1 Å². The predicted octanol–water partition coefficient (Wildman–Crippen LogP) is 1.96. The summed E-state index contributed by atoms with van der Waals surface area (Å²) >= 11 is 0. The molecule has 4 heteroatoms. The average molecular weight is 234 g/mol. The fourth-order valence-electron chi connectivity index (χ4n) is 2.05. The Labute approximate surface area is 102 Å². The molecule has 2 heterocycles. The number of pyridine rings is 1. The third-order valence-corrected chi connectivity index (χ3v) is 3.26.